The lowest BCUT2D eigenvalue weighted by molar-refractivity contribution is 0.0549. The van der Waals surface area contributed by atoms with Crippen LogP contribution in [0.4, 0.5) is 8.78 Å². The van der Waals surface area contributed by atoms with Gasteiger partial charge in [0.05, 0.1) is 19.9 Å². The molecule has 1 aromatic heterocycles. The second-order valence-corrected chi connectivity index (χ2v) is 9.35. The van der Waals surface area contributed by atoms with E-state index < -0.39 is 11.9 Å². The van der Waals surface area contributed by atoms with Gasteiger partial charge in [-0.15, -0.1) is 0 Å². The number of nitrogens with zero attached hydrogens (tertiary/aromatic N) is 2. The van der Waals surface area contributed by atoms with Crippen molar-refractivity contribution in [1.82, 2.24) is 9.78 Å². The van der Waals surface area contributed by atoms with E-state index in [1.54, 1.807) is 66.7 Å². The Balaban J connectivity index is 1.65. The minimum atomic E-state index is -0.773. The van der Waals surface area contributed by atoms with Crippen LogP contribution in [-0.4, -0.2) is 35.9 Å². The zero-order valence-electron chi connectivity index (χ0n) is 22.8. The van der Waals surface area contributed by atoms with Crippen molar-refractivity contribution < 1.29 is 32.6 Å². The highest BCUT2D eigenvalue weighted by Gasteiger charge is 2.31. The summed E-state index contributed by atoms with van der Waals surface area (Å²) in [5.41, 5.74) is 3.00. The zero-order chi connectivity index (χ0) is 29.6. The van der Waals surface area contributed by atoms with E-state index in [4.69, 9.17) is 14.2 Å². The number of ether oxygens (including phenoxy) is 3. The Labute approximate surface area is 240 Å². The predicted molar refractivity (Wildman–Crippen MR) is 152 cm³/mol. The summed E-state index contributed by atoms with van der Waals surface area (Å²) in [4.78, 5) is 26.0. The molecule has 0 unspecified atom stereocenters. The van der Waals surface area contributed by atoms with Crippen LogP contribution in [0.1, 0.15) is 37.5 Å². The molecule has 42 heavy (non-hydrogen) atoms. The molecule has 0 aliphatic carbocycles. The van der Waals surface area contributed by atoms with Crippen molar-refractivity contribution in [2.75, 3.05) is 14.2 Å². The lowest BCUT2D eigenvalue weighted by atomic mass is 9.98. The fourth-order valence-electron chi connectivity index (χ4n) is 4.62. The van der Waals surface area contributed by atoms with E-state index in [1.165, 1.54) is 43.2 Å². The van der Waals surface area contributed by atoms with Gasteiger partial charge in [0.15, 0.2) is 5.69 Å². The van der Waals surface area contributed by atoms with E-state index in [0.717, 1.165) is 0 Å². The minimum absolute atomic E-state index is 0.0710. The van der Waals surface area contributed by atoms with Gasteiger partial charge in [-0.1, -0.05) is 42.5 Å². The van der Waals surface area contributed by atoms with Crippen molar-refractivity contribution in [2.24, 2.45) is 0 Å². The molecular weight excluding hydrogens is 542 g/mol. The monoisotopic (exact) mass is 568 g/mol. The first-order valence-corrected chi connectivity index (χ1v) is 13.0. The summed E-state index contributed by atoms with van der Waals surface area (Å²) >= 11 is 0. The van der Waals surface area contributed by atoms with Crippen molar-refractivity contribution in [3.8, 4) is 22.7 Å². The molecule has 5 aromatic rings. The summed E-state index contributed by atoms with van der Waals surface area (Å²) in [7, 11) is 2.43. The molecule has 9 heteroatoms. The number of carbonyl (C=O) groups is 2. The van der Waals surface area contributed by atoms with E-state index in [1.807, 2.05) is 6.07 Å². The summed E-state index contributed by atoms with van der Waals surface area (Å²) in [6, 6.07) is 26.2. The molecule has 0 aliphatic heterocycles. The third-order valence-corrected chi connectivity index (χ3v) is 6.56. The molecule has 0 N–H and O–H groups in total. The minimum Gasteiger partial charge on any atom is -0.489 e. The molecule has 0 saturated carbocycles. The second kappa shape index (κ2) is 12.5. The first-order valence-electron chi connectivity index (χ1n) is 13.0. The molecular formula is C33H26F2N2O5. The first-order chi connectivity index (χ1) is 20.4. The van der Waals surface area contributed by atoms with Crippen LogP contribution < -0.4 is 4.74 Å². The number of methoxy groups -OCH3 is 2. The van der Waals surface area contributed by atoms with Crippen LogP contribution in [0.15, 0.2) is 97.1 Å². The quantitative estimate of drug-likeness (QED) is 0.187. The molecule has 212 valence electrons. The van der Waals surface area contributed by atoms with Gasteiger partial charge in [0.1, 0.15) is 35.2 Å². The number of carbonyl (C=O) groups excluding carboxylic acids is 2. The van der Waals surface area contributed by atoms with Crippen LogP contribution in [0, 0.1) is 11.6 Å². The number of para-hydroxylation sites is 1. The molecule has 0 saturated heterocycles. The summed E-state index contributed by atoms with van der Waals surface area (Å²) in [6.07, 6.45) is 0.279. The Morgan fingerprint density at radius 3 is 2.10 bits per heavy atom. The highest BCUT2D eigenvalue weighted by Crippen LogP contribution is 2.33. The largest absolute Gasteiger partial charge is 0.489 e. The standard InChI is InChI=1S/C33H26F2N2O5/c1-40-32(38)29-30(36-37(31(29)33(39)41-2)27-12-4-3-5-13-27)23-14-15-28(42-20-22-9-7-11-26(35)18-22)24(19-23)16-21-8-6-10-25(34)17-21/h3-15,17-19H,16,20H2,1-2H3. The molecule has 0 atom stereocenters. The predicted octanol–water partition coefficient (Wildman–Crippen LogP) is 6.56. The van der Waals surface area contributed by atoms with Crippen LogP contribution in [0.3, 0.4) is 0 Å². The Bertz CT molecular complexity index is 1750. The summed E-state index contributed by atoms with van der Waals surface area (Å²) in [5.74, 6) is -1.83. The number of esters is 2. The number of rotatable bonds is 9. The number of hydrogen-bond acceptors (Lipinski definition) is 6. The molecule has 7 nitrogen and oxygen atoms in total. The molecule has 4 aromatic carbocycles. The summed E-state index contributed by atoms with van der Waals surface area (Å²) < 4.78 is 45.3. The lowest BCUT2D eigenvalue weighted by Gasteiger charge is -2.14. The normalized spacial score (nSPS) is 10.8. The Hall–Kier alpha value is -5.31. The van der Waals surface area contributed by atoms with E-state index in [-0.39, 0.29) is 41.6 Å². The third kappa shape index (κ3) is 6.05. The molecule has 0 fully saturated rings. The molecule has 5 rings (SSSR count). The van der Waals surface area contributed by atoms with Crippen LogP contribution in [0.5, 0.6) is 5.75 Å². The molecule has 1 heterocycles. The molecule has 0 amide bonds. The number of aromatic nitrogens is 2. The van der Waals surface area contributed by atoms with Crippen molar-refractivity contribution in [2.45, 2.75) is 13.0 Å². The van der Waals surface area contributed by atoms with Crippen LogP contribution in [0.2, 0.25) is 0 Å². The van der Waals surface area contributed by atoms with Gasteiger partial charge in [0, 0.05) is 12.0 Å². The Morgan fingerprint density at radius 1 is 0.762 bits per heavy atom. The smallest absolute Gasteiger partial charge is 0.357 e. The molecule has 0 spiro atoms. The van der Waals surface area contributed by atoms with Gasteiger partial charge in [0.2, 0.25) is 0 Å². The van der Waals surface area contributed by atoms with Gasteiger partial charge in [0.25, 0.3) is 0 Å². The molecule has 0 radical (unpaired) electrons. The topological polar surface area (TPSA) is 79.7 Å². The maximum Gasteiger partial charge on any atom is 0.357 e. The maximum atomic E-state index is 14.0. The number of halogens is 2. The van der Waals surface area contributed by atoms with Gasteiger partial charge in [-0.3, -0.25) is 0 Å². The van der Waals surface area contributed by atoms with E-state index in [2.05, 4.69) is 5.10 Å². The fourth-order valence-corrected chi connectivity index (χ4v) is 4.62. The maximum absolute atomic E-state index is 14.0. The Kier molecular flexibility index (Phi) is 8.38. The molecule has 0 bridgehead atoms. The first kappa shape index (κ1) is 28.2. The Morgan fingerprint density at radius 2 is 1.43 bits per heavy atom. The highest BCUT2D eigenvalue weighted by molar-refractivity contribution is 6.06. The van der Waals surface area contributed by atoms with Gasteiger partial charge in [-0.2, -0.15) is 5.10 Å². The van der Waals surface area contributed by atoms with Gasteiger partial charge < -0.3 is 14.2 Å². The van der Waals surface area contributed by atoms with Crippen molar-refractivity contribution in [3.63, 3.8) is 0 Å². The average molecular weight is 569 g/mol. The average Bonchev–Trinajstić information content (AvgIpc) is 3.41. The second-order valence-electron chi connectivity index (χ2n) is 9.35. The number of benzene rings is 4. The summed E-state index contributed by atoms with van der Waals surface area (Å²) in [5, 5.41) is 4.66. The van der Waals surface area contributed by atoms with Crippen LogP contribution in [-0.2, 0) is 22.5 Å². The zero-order valence-corrected chi connectivity index (χ0v) is 22.8. The van der Waals surface area contributed by atoms with Crippen LogP contribution in [0.25, 0.3) is 16.9 Å². The van der Waals surface area contributed by atoms with Crippen molar-refractivity contribution >= 4 is 11.9 Å². The highest BCUT2D eigenvalue weighted by atomic mass is 19.1. The third-order valence-electron chi connectivity index (χ3n) is 6.56. The summed E-state index contributed by atoms with van der Waals surface area (Å²) in [6.45, 7) is 0.0930. The van der Waals surface area contributed by atoms with E-state index in [9.17, 15) is 18.4 Å². The van der Waals surface area contributed by atoms with Crippen LogP contribution >= 0.6 is 0 Å². The lowest BCUT2D eigenvalue weighted by Crippen LogP contribution is -2.15. The van der Waals surface area contributed by atoms with Crippen molar-refractivity contribution in [3.05, 3.63) is 137 Å². The SMILES string of the molecule is COC(=O)c1c(-c2ccc(OCc3cccc(F)c3)c(Cc3cccc(F)c3)c2)nn(-c2ccccc2)c1C(=O)OC. The number of hydrogen-bond donors (Lipinski definition) is 0. The van der Waals surface area contributed by atoms with Gasteiger partial charge >= 0.3 is 11.9 Å². The van der Waals surface area contributed by atoms with Crippen molar-refractivity contribution in [1.29, 1.82) is 0 Å². The van der Waals surface area contributed by atoms with E-state index >= 15 is 0 Å². The van der Waals surface area contributed by atoms with Gasteiger partial charge in [-0.05, 0) is 71.3 Å². The molecule has 0 aliphatic rings. The fraction of sp³-hybridized carbons (Fsp3) is 0.121. The van der Waals surface area contributed by atoms with Gasteiger partial charge in [-0.25, -0.2) is 23.1 Å². The van der Waals surface area contributed by atoms with E-state index in [0.29, 0.717) is 33.7 Å².